The molecular weight excluding hydrogens is 204 g/mol. The lowest BCUT2D eigenvalue weighted by molar-refractivity contribution is -0.150. The fourth-order valence-corrected chi connectivity index (χ4v) is 2.66. The van der Waals surface area contributed by atoms with E-state index in [4.69, 9.17) is 10.5 Å². The van der Waals surface area contributed by atoms with Crippen molar-refractivity contribution in [3.8, 4) is 0 Å². The zero-order valence-electron chi connectivity index (χ0n) is 10.0. The molecule has 0 aliphatic carbocycles. The van der Waals surface area contributed by atoms with Gasteiger partial charge in [-0.3, -0.25) is 4.79 Å². The second kappa shape index (κ2) is 5.15. The second-order valence-electron chi connectivity index (χ2n) is 5.02. The highest BCUT2D eigenvalue weighted by molar-refractivity contribution is 5.81. The summed E-state index contributed by atoms with van der Waals surface area (Å²) in [5, 5.41) is 0. The Morgan fingerprint density at radius 3 is 2.81 bits per heavy atom. The molecule has 4 heteroatoms. The van der Waals surface area contributed by atoms with Crippen molar-refractivity contribution in [2.24, 2.45) is 5.73 Å². The molecular formula is C12H22N2O2. The summed E-state index contributed by atoms with van der Waals surface area (Å²) in [5.74, 6) is 0.180. The highest BCUT2D eigenvalue weighted by Crippen LogP contribution is 2.21. The summed E-state index contributed by atoms with van der Waals surface area (Å²) in [7, 11) is 0. The van der Waals surface area contributed by atoms with Crippen LogP contribution in [-0.4, -0.2) is 42.1 Å². The molecule has 0 bridgehead atoms. The van der Waals surface area contributed by atoms with Crippen molar-refractivity contribution in [3.63, 3.8) is 0 Å². The van der Waals surface area contributed by atoms with E-state index < -0.39 is 0 Å². The fourth-order valence-electron chi connectivity index (χ4n) is 2.66. The zero-order valence-corrected chi connectivity index (χ0v) is 10.0. The van der Waals surface area contributed by atoms with Crippen molar-refractivity contribution >= 4 is 5.91 Å². The number of ether oxygens (including phenoxy) is 1. The van der Waals surface area contributed by atoms with Gasteiger partial charge in [-0.15, -0.1) is 0 Å². The van der Waals surface area contributed by atoms with Gasteiger partial charge >= 0.3 is 0 Å². The molecule has 2 aliphatic rings. The molecule has 0 aromatic carbocycles. The minimum absolute atomic E-state index is 0.180. The van der Waals surface area contributed by atoms with Crippen molar-refractivity contribution < 1.29 is 9.53 Å². The highest BCUT2D eigenvalue weighted by Gasteiger charge is 2.32. The van der Waals surface area contributed by atoms with Crippen molar-refractivity contribution in [2.45, 2.75) is 57.2 Å². The molecule has 16 heavy (non-hydrogen) atoms. The third kappa shape index (κ3) is 2.55. The van der Waals surface area contributed by atoms with Crippen LogP contribution < -0.4 is 5.73 Å². The number of nitrogens with two attached hydrogens (primary N) is 1. The molecule has 2 heterocycles. The average Bonchev–Trinajstić information content (AvgIpc) is 2.29. The van der Waals surface area contributed by atoms with E-state index in [1.54, 1.807) is 0 Å². The van der Waals surface area contributed by atoms with Gasteiger partial charge in [0.1, 0.15) is 6.10 Å². The Bertz CT molecular complexity index is 251. The first kappa shape index (κ1) is 11.9. The lowest BCUT2D eigenvalue weighted by atomic mass is 9.97. The van der Waals surface area contributed by atoms with E-state index in [0.29, 0.717) is 0 Å². The Kier molecular flexibility index (Phi) is 3.82. The number of piperidine rings is 1. The predicted octanol–water partition coefficient (Wildman–Crippen LogP) is 0.894. The van der Waals surface area contributed by atoms with E-state index in [1.165, 1.54) is 0 Å². The lowest BCUT2D eigenvalue weighted by Gasteiger charge is -2.38. The molecule has 2 fully saturated rings. The van der Waals surface area contributed by atoms with Gasteiger partial charge in [-0.25, -0.2) is 0 Å². The Labute approximate surface area is 97.1 Å². The van der Waals surface area contributed by atoms with Crippen LogP contribution in [0.4, 0.5) is 0 Å². The van der Waals surface area contributed by atoms with Crippen molar-refractivity contribution in [3.05, 3.63) is 0 Å². The van der Waals surface area contributed by atoms with Crippen molar-refractivity contribution in [1.29, 1.82) is 0 Å². The molecule has 0 aromatic rings. The first-order chi connectivity index (χ1) is 7.68. The topological polar surface area (TPSA) is 55.6 Å². The molecule has 92 valence electrons. The number of hydrogen-bond donors (Lipinski definition) is 1. The summed E-state index contributed by atoms with van der Waals surface area (Å²) >= 11 is 0. The third-order valence-electron chi connectivity index (χ3n) is 3.65. The molecule has 4 nitrogen and oxygen atoms in total. The number of likely N-dealkylation sites (tertiary alicyclic amines) is 1. The van der Waals surface area contributed by atoms with Crippen LogP contribution in [0.15, 0.2) is 0 Å². The number of carbonyl (C=O) groups is 1. The smallest absolute Gasteiger partial charge is 0.251 e. The summed E-state index contributed by atoms with van der Waals surface area (Å²) in [6.07, 6.45) is 4.73. The maximum Gasteiger partial charge on any atom is 0.251 e. The van der Waals surface area contributed by atoms with Crippen LogP contribution in [0.1, 0.15) is 39.0 Å². The molecule has 3 unspecified atom stereocenters. The second-order valence-corrected chi connectivity index (χ2v) is 5.02. The molecule has 2 N–H and O–H groups in total. The van der Waals surface area contributed by atoms with Crippen molar-refractivity contribution in [2.75, 3.05) is 13.2 Å². The summed E-state index contributed by atoms with van der Waals surface area (Å²) in [4.78, 5) is 14.2. The Hall–Kier alpha value is -0.610. The van der Waals surface area contributed by atoms with Crippen LogP contribution in [-0.2, 0) is 9.53 Å². The molecule has 2 aliphatic heterocycles. The lowest BCUT2D eigenvalue weighted by Crippen LogP contribution is -2.52. The van der Waals surface area contributed by atoms with Gasteiger partial charge in [-0.1, -0.05) is 0 Å². The van der Waals surface area contributed by atoms with Gasteiger partial charge in [0.05, 0.1) is 0 Å². The van der Waals surface area contributed by atoms with E-state index in [1.807, 2.05) is 4.90 Å². The summed E-state index contributed by atoms with van der Waals surface area (Å²) in [6.45, 7) is 3.61. The van der Waals surface area contributed by atoms with Crippen LogP contribution in [0.3, 0.4) is 0 Å². The number of nitrogens with zero attached hydrogens (tertiary/aromatic N) is 1. The average molecular weight is 226 g/mol. The number of hydrogen-bond acceptors (Lipinski definition) is 3. The minimum Gasteiger partial charge on any atom is -0.368 e. The molecule has 0 spiro atoms. The fraction of sp³-hybridized carbons (Fsp3) is 0.917. The van der Waals surface area contributed by atoms with Gasteiger partial charge in [-0.05, 0) is 39.0 Å². The maximum absolute atomic E-state index is 12.2. The Morgan fingerprint density at radius 2 is 2.19 bits per heavy atom. The number of carbonyl (C=O) groups excluding carboxylic acids is 1. The van der Waals surface area contributed by atoms with E-state index in [2.05, 4.69) is 6.92 Å². The standard InChI is InChI=1S/C12H22N2O2/c1-9-8-10(13)5-6-14(9)12(15)11-4-2-3-7-16-11/h9-11H,2-8,13H2,1H3. The third-order valence-corrected chi connectivity index (χ3v) is 3.65. The van der Waals surface area contributed by atoms with Crippen LogP contribution in [0.25, 0.3) is 0 Å². The highest BCUT2D eigenvalue weighted by atomic mass is 16.5. The van der Waals surface area contributed by atoms with E-state index in [9.17, 15) is 4.79 Å². The molecule has 0 aromatic heterocycles. The van der Waals surface area contributed by atoms with Gasteiger partial charge in [0.25, 0.3) is 5.91 Å². The first-order valence-corrected chi connectivity index (χ1v) is 6.36. The van der Waals surface area contributed by atoms with Gasteiger partial charge in [-0.2, -0.15) is 0 Å². The maximum atomic E-state index is 12.2. The quantitative estimate of drug-likeness (QED) is 0.722. The van der Waals surface area contributed by atoms with E-state index >= 15 is 0 Å². The Balaban J connectivity index is 1.92. The molecule has 3 atom stereocenters. The zero-order chi connectivity index (χ0) is 11.5. The van der Waals surface area contributed by atoms with Crippen molar-refractivity contribution in [1.82, 2.24) is 4.90 Å². The molecule has 0 saturated carbocycles. The summed E-state index contributed by atoms with van der Waals surface area (Å²) in [6, 6.07) is 0.521. The SMILES string of the molecule is CC1CC(N)CCN1C(=O)C1CCCCO1. The monoisotopic (exact) mass is 226 g/mol. The summed E-state index contributed by atoms with van der Waals surface area (Å²) in [5.41, 5.74) is 5.90. The van der Waals surface area contributed by atoms with Gasteiger partial charge in [0.15, 0.2) is 0 Å². The number of rotatable bonds is 1. The predicted molar refractivity (Wildman–Crippen MR) is 62.0 cm³/mol. The largest absolute Gasteiger partial charge is 0.368 e. The van der Waals surface area contributed by atoms with E-state index in [0.717, 1.165) is 45.3 Å². The van der Waals surface area contributed by atoms with Crippen LogP contribution in [0.2, 0.25) is 0 Å². The van der Waals surface area contributed by atoms with Crippen LogP contribution in [0, 0.1) is 0 Å². The number of amides is 1. The first-order valence-electron chi connectivity index (χ1n) is 6.36. The molecule has 2 rings (SSSR count). The van der Waals surface area contributed by atoms with E-state index in [-0.39, 0.29) is 24.1 Å². The van der Waals surface area contributed by atoms with Crippen LogP contribution >= 0.6 is 0 Å². The molecule has 2 saturated heterocycles. The summed E-state index contributed by atoms with van der Waals surface area (Å²) < 4.78 is 5.55. The van der Waals surface area contributed by atoms with Gasteiger partial charge in [0.2, 0.25) is 0 Å². The minimum atomic E-state index is -0.189. The Morgan fingerprint density at radius 1 is 1.38 bits per heavy atom. The normalized spacial score (nSPS) is 36.1. The molecule has 0 radical (unpaired) electrons. The van der Waals surface area contributed by atoms with Crippen LogP contribution in [0.5, 0.6) is 0 Å². The van der Waals surface area contributed by atoms with Gasteiger partial charge in [0, 0.05) is 25.2 Å². The molecule has 1 amide bonds. The van der Waals surface area contributed by atoms with Gasteiger partial charge < -0.3 is 15.4 Å².